The van der Waals surface area contributed by atoms with E-state index in [1.807, 2.05) is 0 Å². The molecule has 1 fully saturated rings. The largest absolute Gasteiger partial charge is 0.504 e. The van der Waals surface area contributed by atoms with Gasteiger partial charge in [0.15, 0.2) is 105 Å². The molecule has 0 aliphatic carbocycles. The highest BCUT2D eigenvalue weighted by molar-refractivity contribution is 5.94. The van der Waals surface area contributed by atoms with Gasteiger partial charge >= 0.3 is 29.8 Å². The lowest BCUT2D eigenvalue weighted by atomic mass is 9.94. The third kappa shape index (κ3) is 9.88. The molecule has 0 saturated carbocycles. The Labute approximate surface area is 376 Å². The molecule has 0 radical (unpaired) electrons. The van der Waals surface area contributed by atoms with Gasteiger partial charge in [0, 0.05) is 0 Å². The zero-order valence-electron chi connectivity index (χ0n) is 33.8. The van der Waals surface area contributed by atoms with Crippen molar-refractivity contribution in [3.8, 4) is 86.2 Å². The van der Waals surface area contributed by atoms with Crippen LogP contribution in [0.15, 0.2) is 60.7 Å². The minimum atomic E-state index is -2.41. The van der Waals surface area contributed by atoms with Crippen molar-refractivity contribution in [1.29, 1.82) is 0 Å². The molecule has 0 amide bonds. The first-order valence-electron chi connectivity index (χ1n) is 18.8. The smallest absolute Gasteiger partial charge is 0.338 e. The zero-order valence-corrected chi connectivity index (χ0v) is 33.8. The topological polar surface area (TPSA) is 444 Å². The number of carbonyl (C=O) groups excluding carboxylic acids is 5. The standard InChI is InChI=1S/C42H34O26/c43-18-1-13(2-19(44)30(18)53)38(58)63-11-28-35(66-40(60)15-5-22(47)32(55)23(48)6-15)37(68-42(62)17-9-26(51)34(57)27(52)10-17)36(67-41(61)16-7-24(49)33(56)25(50)8-16)29(65-28)12-64-39(59)14-3-20(45)31(54)21(46)4-14/h1-10,28-29,35-37,43-57H,11-12H2/t28-,29?,35?,36-,37+/m1/s1. The quantitative estimate of drug-likeness (QED) is 0.0481. The minimum Gasteiger partial charge on any atom is -0.504 e. The fourth-order valence-electron chi connectivity index (χ4n) is 6.35. The molecule has 6 rings (SSSR count). The summed E-state index contributed by atoms with van der Waals surface area (Å²) in [6, 6.07) is 5.99. The van der Waals surface area contributed by atoms with Crippen LogP contribution in [-0.2, 0) is 28.4 Å². The Bertz CT molecular complexity index is 2580. The van der Waals surface area contributed by atoms with Crippen LogP contribution < -0.4 is 0 Å². The first-order valence-corrected chi connectivity index (χ1v) is 18.8. The molecule has 2 unspecified atom stereocenters. The van der Waals surface area contributed by atoms with Gasteiger partial charge < -0.3 is 105 Å². The van der Waals surface area contributed by atoms with Crippen LogP contribution in [-0.4, -0.2) is 150 Å². The highest BCUT2D eigenvalue weighted by Gasteiger charge is 2.53. The van der Waals surface area contributed by atoms with Gasteiger partial charge in [0.25, 0.3) is 0 Å². The van der Waals surface area contributed by atoms with Crippen molar-refractivity contribution in [1.82, 2.24) is 0 Å². The van der Waals surface area contributed by atoms with E-state index in [2.05, 4.69) is 0 Å². The van der Waals surface area contributed by atoms with Crippen LogP contribution in [0, 0.1) is 0 Å². The highest BCUT2D eigenvalue weighted by Crippen LogP contribution is 2.41. The van der Waals surface area contributed by atoms with E-state index < -0.39 is 188 Å². The lowest BCUT2D eigenvalue weighted by Gasteiger charge is -2.44. The molecule has 68 heavy (non-hydrogen) atoms. The van der Waals surface area contributed by atoms with Gasteiger partial charge in [0.2, 0.25) is 0 Å². The van der Waals surface area contributed by atoms with Gasteiger partial charge in [-0.1, -0.05) is 0 Å². The molecular weight excluding hydrogens is 920 g/mol. The summed E-state index contributed by atoms with van der Waals surface area (Å²) in [5.74, 6) is -23.6. The number of phenolic OH excluding ortho intramolecular Hbond substituents is 15. The molecule has 5 aromatic carbocycles. The number of aromatic hydroxyl groups is 15. The van der Waals surface area contributed by atoms with Gasteiger partial charge in [-0.05, 0) is 60.7 Å². The average molecular weight is 955 g/mol. The van der Waals surface area contributed by atoms with Gasteiger partial charge in [-0.3, -0.25) is 0 Å². The van der Waals surface area contributed by atoms with E-state index in [1.54, 1.807) is 0 Å². The van der Waals surface area contributed by atoms with Crippen molar-refractivity contribution in [3.63, 3.8) is 0 Å². The van der Waals surface area contributed by atoms with Crippen LogP contribution in [0.2, 0.25) is 0 Å². The van der Waals surface area contributed by atoms with Crippen LogP contribution in [0.3, 0.4) is 0 Å². The predicted octanol–water partition coefficient (Wildman–Crippen LogP) is 1.73. The van der Waals surface area contributed by atoms with Crippen LogP contribution in [0.5, 0.6) is 86.2 Å². The predicted molar refractivity (Wildman–Crippen MR) is 214 cm³/mol. The van der Waals surface area contributed by atoms with Gasteiger partial charge in [0.1, 0.15) is 25.4 Å². The van der Waals surface area contributed by atoms with Gasteiger partial charge in [0.05, 0.1) is 27.8 Å². The molecular formula is C42H34O26. The molecule has 15 N–H and O–H groups in total. The molecule has 5 atom stereocenters. The van der Waals surface area contributed by atoms with Crippen molar-refractivity contribution < 1.29 is 129 Å². The molecule has 0 spiro atoms. The second-order valence-corrected chi connectivity index (χ2v) is 14.3. The number of hydrogen-bond donors (Lipinski definition) is 15. The maximum atomic E-state index is 13.9. The lowest BCUT2D eigenvalue weighted by Crippen LogP contribution is -2.63. The van der Waals surface area contributed by atoms with Crippen LogP contribution in [0.1, 0.15) is 51.8 Å². The molecule has 5 aromatic rings. The van der Waals surface area contributed by atoms with E-state index >= 15 is 0 Å². The molecule has 26 nitrogen and oxygen atoms in total. The molecule has 1 aliphatic heterocycles. The van der Waals surface area contributed by atoms with E-state index in [-0.39, 0.29) is 0 Å². The van der Waals surface area contributed by atoms with E-state index in [9.17, 15) is 101 Å². The van der Waals surface area contributed by atoms with Gasteiger partial charge in [-0.25, -0.2) is 24.0 Å². The molecule has 1 aliphatic rings. The average Bonchev–Trinajstić information content (AvgIpc) is 3.28. The lowest BCUT2D eigenvalue weighted by molar-refractivity contribution is -0.235. The highest BCUT2D eigenvalue weighted by atomic mass is 16.7. The Kier molecular flexibility index (Phi) is 13.3. The third-order valence-electron chi connectivity index (χ3n) is 9.74. The SMILES string of the molecule is O=C(OCC1O[C@H](COC(=O)c2cc(O)c(O)c(O)c2)C(OC(=O)c2cc(O)c(O)c(O)c2)[C@H](OC(=O)c2cc(O)c(O)c(O)c2)[C@@H]1OC(=O)c1cc(O)c(O)c(O)c1)c1cc(O)c(O)c(O)c1. The van der Waals surface area contributed by atoms with Crippen molar-refractivity contribution in [2.45, 2.75) is 30.5 Å². The summed E-state index contributed by atoms with van der Waals surface area (Å²) in [4.78, 5) is 68.2. The van der Waals surface area contributed by atoms with Crippen molar-refractivity contribution in [2.24, 2.45) is 0 Å². The first kappa shape index (κ1) is 47.9. The number of ether oxygens (including phenoxy) is 6. The molecule has 0 bridgehead atoms. The van der Waals surface area contributed by atoms with Crippen molar-refractivity contribution >= 4 is 29.8 Å². The summed E-state index contributed by atoms with van der Waals surface area (Å²) in [5, 5.41) is 150. The number of rotatable bonds is 12. The summed E-state index contributed by atoms with van der Waals surface area (Å²) in [6.07, 6.45) is -11.2. The van der Waals surface area contributed by atoms with Gasteiger partial charge in [-0.2, -0.15) is 0 Å². The number of carbonyl (C=O) groups is 5. The van der Waals surface area contributed by atoms with Crippen molar-refractivity contribution in [2.75, 3.05) is 13.2 Å². The number of hydrogen-bond acceptors (Lipinski definition) is 26. The van der Waals surface area contributed by atoms with Crippen molar-refractivity contribution in [3.05, 3.63) is 88.5 Å². The normalized spacial score (nSPS) is 17.6. The first-order chi connectivity index (χ1) is 31.9. The summed E-state index contributed by atoms with van der Waals surface area (Å²) < 4.78 is 33.5. The minimum absolute atomic E-state index is 0.562. The molecule has 0 aromatic heterocycles. The summed E-state index contributed by atoms with van der Waals surface area (Å²) in [6.45, 7) is -2.35. The fourth-order valence-corrected chi connectivity index (χ4v) is 6.35. The van der Waals surface area contributed by atoms with E-state index in [1.165, 1.54) is 0 Å². The van der Waals surface area contributed by atoms with Crippen LogP contribution >= 0.6 is 0 Å². The summed E-state index contributed by atoms with van der Waals surface area (Å²) in [5.41, 5.74) is -3.58. The molecule has 1 heterocycles. The fraction of sp³-hybridized carbons (Fsp3) is 0.167. The Balaban J connectivity index is 1.50. The van der Waals surface area contributed by atoms with E-state index in [4.69, 9.17) is 28.4 Å². The van der Waals surface area contributed by atoms with Gasteiger partial charge in [-0.15, -0.1) is 0 Å². The second-order valence-electron chi connectivity index (χ2n) is 14.3. The molecule has 26 heteroatoms. The van der Waals surface area contributed by atoms with Crippen LogP contribution in [0.25, 0.3) is 0 Å². The molecule has 358 valence electrons. The Morgan fingerprint density at radius 1 is 0.324 bits per heavy atom. The maximum absolute atomic E-state index is 13.9. The van der Waals surface area contributed by atoms with E-state index in [0.717, 1.165) is 0 Å². The summed E-state index contributed by atoms with van der Waals surface area (Å²) >= 11 is 0. The summed E-state index contributed by atoms with van der Waals surface area (Å²) in [7, 11) is 0. The number of esters is 5. The van der Waals surface area contributed by atoms with Crippen LogP contribution in [0.4, 0.5) is 0 Å². The second kappa shape index (κ2) is 18.9. The van der Waals surface area contributed by atoms with E-state index in [0.29, 0.717) is 60.7 Å². The monoisotopic (exact) mass is 954 g/mol. The Hall–Kier alpha value is -9.59. The third-order valence-corrected chi connectivity index (χ3v) is 9.74. The zero-order chi connectivity index (χ0) is 50.0. The Morgan fingerprint density at radius 2 is 0.515 bits per heavy atom. The molecule has 1 saturated heterocycles. The Morgan fingerprint density at radius 3 is 0.735 bits per heavy atom. The number of phenols is 15. The number of benzene rings is 5. The maximum Gasteiger partial charge on any atom is 0.338 e.